The van der Waals surface area contributed by atoms with Crippen LogP contribution in [0.1, 0.15) is 64.4 Å². The van der Waals surface area contributed by atoms with E-state index in [0.29, 0.717) is 30.4 Å². The van der Waals surface area contributed by atoms with Crippen molar-refractivity contribution in [1.82, 2.24) is 15.0 Å². The molecule has 5 heteroatoms. The lowest BCUT2D eigenvalue weighted by atomic mass is 9.83. The van der Waals surface area contributed by atoms with Crippen molar-refractivity contribution in [2.75, 3.05) is 0 Å². The normalized spacial score (nSPS) is 23.3. The lowest BCUT2D eigenvalue weighted by Gasteiger charge is -2.27. The van der Waals surface area contributed by atoms with E-state index in [1.54, 1.807) is 4.68 Å². The van der Waals surface area contributed by atoms with Crippen LogP contribution in [0.2, 0.25) is 0 Å². The molecule has 1 atom stereocenters. The lowest BCUT2D eigenvalue weighted by molar-refractivity contribution is -0.0288. The fraction of sp³-hybridized carbons (Fsp3) is 0.857. The Bertz CT molecular complexity index is 438. The van der Waals surface area contributed by atoms with E-state index in [2.05, 4.69) is 24.2 Å². The van der Waals surface area contributed by atoms with Crippen molar-refractivity contribution in [1.29, 1.82) is 0 Å². The average Bonchev–Trinajstić information content (AvgIpc) is 2.70. The molecule has 0 saturated heterocycles. The van der Waals surface area contributed by atoms with E-state index in [1.165, 1.54) is 0 Å². The monoisotopic (exact) mass is 271 g/mol. The van der Waals surface area contributed by atoms with E-state index in [9.17, 15) is 8.78 Å². The molecule has 3 nitrogen and oxygen atoms in total. The van der Waals surface area contributed by atoms with Crippen molar-refractivity contribution in [3.8, 4) is 0 Å². The fourth-order valence-electron chi connectivity index (χ4n) is 2.86. The molecule has 1 aliphatic carbocycles. The van der Waals surface area contributed by atoms with Gasteiger partial charge in [-0.15, -0.1) is 5.10 Å². The summed E-state index contributed by atoms with van der Waals surface area (Å²) in [4.78, 5) is 0. The molecule has 0 amide bonds. The van der Waals surface area contributed by atoms with Crippen molar-refractivity contribution in [3.63, 3.8) is 0 Å². The molecule has 0 bridgehead atoms. The molecule has 0 radical (unpaired) electrons. The van der Waals surface area contributed by atoms with Gasteiger partial charge >= 0.3 is 0 Å². The molecule has 0 spiro atoms. The molecule has 0 N–H and O–H groups in total. The lowest BCUT2D eigenvalue weighted by Crippen LogP contribution is -2.24. The van der Waals surface area contributed by atoms with Crippen LogP contribution < -0.4 is 0 Å². The Morgan fingerprint density at radius 2 is 1.89 bits per heavy atom. The van der Waals surface area contributed by atoms with E-state index >= 15 is 0 Å². The van der Waals surface area contributed by atoms with Gasteiger partial charge in [0.15, 0.2) is 5.69 Å². The number of alkyl halides is 2. The summed E-state index contributed by atoms with van der Waals surface area (Å²) < 4.78 is 30.1. The van der Waals surface area contributed by atoms with Gasteiger partial charge < -0.3 is 0 Å². The van der Waals surface area contributed by atoms with Crippen LogP contribution >= 0.6 is 0 Å². The van der Waals surface area contributed by atoms with E-state index in [-0.39, 0.29) is 18.2 Å². The Morgan fingerprint density at radius 1 is 1.21 bits per heavy atom. The second-order valence-electron chi connectivity index (χ2n) is 6.21. The second kappa shape index (κ2) is 5.17. The first-order valence-corrected chi connectivity index (χ1v) is 7.15. The number of rotatable bonds is 2. The zero-order chi connectivity index (χ0) is 14.2. The molecule has 1 heterocycles. The smallest absolute Gasteiger partial charge is 0.246 e. The molecule has 1 aliphatic rings. The quantitative estimate of drug-likeness (QED) is 0.815. The highest BCUT2D eigenvalue weighted by Gasteiger charge is 2.40. The summed E-state index contributed by atoms with van der Waals surface area (Å²) in [6.45, 7) is 8.13. The zero-order valence-electron chi connectivity index (χ0n) is 12.2. The molecule has 1 aromatic heterocycles. The second-order valence-corrected chi connectivity index (χ2v) is 6.21. The Morgan fingerprint density at radius 3 is 2.47 bits per heavy atom. The molecule has 1 aromatic rings. The largest absolute Gasteiger partial charge is 0.293 e. The summed E-state index contributed by atoms with van der Waals surface area (Å²) in [5.74, 6) is -2.04. The van der Waals surface area contributed by atoms with Gasteiger partial charge in [0.25, 0.3) is 5.92 Å². The molecule has 108 valence electrons. The van der Waals surface area contributed by atoms with Crippen LogP contribution in [-0.4, -0.2) is 15.0 Å². The number of hydrogen-bond donors (Lipinski definition) is 0. The van der Waals surface area contributed by atoms with E-state index in [4.69, 9.17) is 0 Å². The van der Waals surface area contributed by atoms with Crippen molar-refractivity contribution in [3.05, 3.63) is 11.4 Å². The Labute approximate surface area is 113 Å². The van der Waals surface area contributed by atoms with Gasteiger partial charge in [-0.1, -0.05) is 19.1 Å². The first-order valence-electron chi connectivity index (χ1n) is 7.15. The van der Waals surface area contributed by atoms with Crippen LogP contribution in [0.15, 0.2) is 0 Å². The summed E-state index contributed by atoms with van der Waals surface area (Å²) in [5, 5.41) is 7.70. The highest BCUT2D eigenvalue weighted by molar-refractivity contribution is 5.18. The molecule has 2 rings (SSSR count). The van der Waals surface area contributed by atoms with Gasteiger partial charge in [-0.05, 0) is 44.9 Å². The Hall–Kier alpha value is -1.00. The predicted molar refractivity (Wildman–Crippen MR) is 70.2 cm³/mol. The third-order valence-corrected chi connectivity index (χ3v) is 4.15. The van der Waals surface area contributed by atoms with Crippen LogP contribution in [0.25, 0.3) is 0 Å². The highest BCUT2D eigenvalue weighted by atomic mass is 19.3. The Balaban J connectivity index is 2.37. The molecule has 0 aliphatic heterocycles. The van der Waals surface area contributed by atoms with Crippen LogP contribution in [0, 0.1) is 11.8 Å². The number of nitrogens with zero attached hydrogens (tertiary/aromatic N) is 3. The van der Waals surface area contributed by atoms with Crippen molar-refractivity contribution >= 4 is 0 Å². The van der Waals surface area contributed by atoms with E-state index < -0.39 is 5.92 Å². The van der Waals surface area contributed by atoms with E-state index in [1.807, 2.05) is 13.8 Å². The zero-order valence-corrected chi connectivity index (χ0v) is 12.2. The summed E-state index contributed by atoms with van der Waals surface area (Å²) in [7, 11) is 0. The van der Waals surface area contributed by atoms with Gasteiger partial charge in [0.2, 0.25) is 0 Å². The van der Waals surface area contributed by atoms with E-state index in [0.717, 1.165) is 6.42 Å². The maximum absolute atomic E-state index is 14.2. The predicted octanol–water partition coefficient (Wildman–Crippen LogP) is 3.95. The number of hydrogen-bond acceptors (Lipinski definition) is 2. The number of aromatic nitrogens is 3. The van der Waals surface area contributed by atoms with Gasteiger partial charge in [-0.25, -0.2) is 4.68 Å². The third kappa shape index (κ3) is 2.79. The summed E-state index contributed by atoms with van der Waals surface area (Å²) in [6.07, 6.45) is 2.05. The van der Waals surface area contributed by atoms with Crippen LogP contribution in [0.5, 0.6) is 0 Å². The average molecular weight is 271 g/mol. The minimum atomic E-state index is -2.84. The Kier molecular flexibility index (Phi) is 3.92. The van der Waals surface area contributed by atoms with Crippen LogP contribution in [-0.2, 0) is 12.3 Å². The molecule has 19 heavy (non-hydrogen) atoms. The van der Waals surface area contributed by atoms with Crippen molar-refractivity contribution in [2.45, 2.75) is 65.3 Å². The summed E-state index contributed by atoms with van der Waals surface area (Å²) >= 11 is 0. The number of halogens is 2. The number of fused-ring (bicyclic) bond motifs is 1. The van der Waals surface area contributed by atoms with Crippen molar-refractivity contribution < 1.29 is 8.78 Å². The van der Waals surface area contributed by atoms with Crippen molar-refractivity contribution in [2.24, 2.45) is 11.8 Å². The van der Waals surface area contributed by atoms with Gasteiger partial charge in [0.1, 0.15) is 0 Å². The third-order valence-electron chi connectivity index (χ3n) is 4.15. The SMILES string of the molecule is CC(C)C1CCc2c(nnn2C(C)C)C(F)(F)CC1. The van der Waals surface area contributed by atoms with Gasteiger partial charge in [-0.3, -0.25) is 0 Å². The summed E-state index contributed by atoms with van der Waals surface area (Å²) in [6, 6.07) is 0.0731. The topological polar surface area (TPSA) is 30.7 Å². The van der Waals surface area contributed by atoms with Gasteiger partial charge in [-0.2, -0.15) is 8.78 Å². The molecular formula is C14H23F2N3. The van der Waals surface area contributed by atoms with Gasteiger partial charge in [0.05, 0.1) is 5.69 Å². The first-order chi connectivity index (χ1) is 8.83. The standard InChI is InChI=1S/C14H23F2N3/c1-9(2)11-5-6-12-13(14(15,16)8-7-11)17-18-19(12)10(3)4/h9-11H,5-8H2,1-4H3. The summed E-state index contributed by atoms with van der Waals surface area (Å²) in [5.41, 5.74) is 0.536. The molecular weight excluding hydrogens is 248 g/mol. The molecule has 1 unspecified atom stereocenters. The molecule has 0 fully saturated rings. The minimum absolute atomic E-state index is 0.0731. The van der Waals surface area contributed by atoms with Crippen LogP contribution in [0.3, 0.4) is 0 Å². The highest BCUT2D eigenvalue weighted by Crippen LogP contribution is 2.40. The van der Waals surface area contributed by atoms with Gasteiger partial charge in [0, 0.05) is 12.5 Å². The maximum atomic E-state index is 14.2. The van der Waals surface area contributed by atoms with Crippen LogP contribution in [0.4, 0.5) is 8.78 Å². The molecule has 0 saturated carbocycles. The fourth-order valence-corrected chi connectivity index (χ4v) is 2.86. The molecule has 0 aromatic carbocycles. The maximum Gasteiger partial charge on any atom is 0.293 e. The minimum Gasteiger partial charge on any atom is -0.246 e. The first kappa shape index (κ1) is 14.4.